The molecule has 16 nitrogen and oxygen atoms in total. The molecule has 3 saturated heterocycles. The number of carbonyl (C=O) groups excluding carboxylic acids is 2. The highest BCUT2D eigenvalue weighted by atomic mass is 79.9. The van der Waals surface area contributed by atoms with Crippen molar-refractivity contribution in [2.75, 3.05) is 104 Å². The van der Waals surface area contributed by atoms with Gasteiger partial charge in [-0.05, 0) is 51.7 Å². The van der Waals surface area contributed by atoms with Crippen molar-refractivity contribution in [1.29, 1.82) is 0 Å². The summed E-state index contributed by atoms with van der Waals surface area (Å²) in [5, 5.41) is 19.0. The normalized spacial score (nSPS) is 16.1. The molecule has 0 spiro atoms. The number of methoxy groups -OCH3 is 2. The molecule has 0 saturated carbocycles. The number of aromatic nitrogens is 4. The number of piperazine rings is 2. The van der Waals surface area contributed by atoms with Crippen LogP contribution in [0.1, 0.15) is 42.5 Å². The standard InChI is InChI=1S/C20H24Cl2F3N5O2.C11H15ClN2O.C9H9BrClF3N2O2.C4H8O2/c1-27(2)11-15-18(22)19(20(23,24)25)26-30(15)12-17(31)29-8-6-28(7-9-29)13-4-5-14(21)16(10-13)32-3;1-15-11-8-9(2-3-10(11)12)14-6-4-13-5-7-14;1-2-18-6(17)4-16-5(3-10)7(11)8(15-16)9(12,13)14;5-4-2-1-3-6-4/h4-5,10H,6-9,11-12H2,1-3H3;2-3,8,13H,4-7H2,1H3;2-4H2,1H3;4-5H,1-3H2. The third-order valence-electron chi connectivity index (χ3n) is 10.6. The maximum Gasteiger partial charge on any atom is 0.436 e. The second-order valence-corrected chi connectivity index (χ2v) is 18.0. The Kier molecular flexibility index (Phi) is 23.5. The van der Waals surface area contributed by atoms with E-state index in [1.165, 1.54) is 12.8 Å². The molecule has 4 aromatic rings. The largest absolute Gasteiger partial charge is 0.495 e. The molecule has 396 valence electrons. The van der Waals surface area contributed by atoms with E-state index in [1.807, 2.05) is 30.3 Å². The third-order valence-corrected chi connectivity index (χ3v) is 12.6. The number of esters is 1. The van der Waals surface area contributed by atoms with Crippen LogP contribution in [0.5, 0.6) is 11.5 Å². The highest BCUT2D eigenvalue weighted by Gasteiger charge is 2.40. The van der Waals surface area contributed by atoms with Crippen molar-refractivity contribution >= 4 is 85.6 Å². The Morgan fingerprint density at radius 1 is 0.803 bits per heavy atom. The number of halogens is 11. The second kappa shape index (κ2) is 27.9. The highest BCUT2D eigenvalue weighted by Crippen LogP contribution is 2.38. The summed E-state index contributed by atoms with van der Waals surface area (Å²) in [6.45, 7) is 7.99. The Morgan fingerprint density at radius 3 is 1.70 bits per heavy atom. The fourth-order valence-electron chi connectivity index (χ4n) is 7.10. The van der Waals surface area contributed by atoms with Gasteiger partial charge in [0.05, 0.1) is 52.3 Å². The summed E-state index contributed by atoms with van der Waals surface area (Å²) in [5.74, 6) is 0.318. The molecule has 1 unspecified atom stereocenters. The average Bonchev–Trinajstić information content (AvgIpc) is 4.03. The zero-order chi connectivity index (χ0) is 52.6. The SMILES string of the molecule is CCOC(=O)Cn1nc(C(F)(F)F)c(Cl)c1CBr.COc1cc(N2CCN(C(=O)Cn3nc(C(F)(F)F)c(Cl)c3CN(C)C)CC2)ccc1Cl.COc1cc(N2CCNCC2)ccc1Cl.OC1CCCO1. The predicted octanol–water partition coefficient (Wildman–Crippen LogP) is 8.51. The van der Waals surface area contributed by atoms with Crippen molar-refractivity contribution in [1.82, 2.24) is 34.7 Å². The van der Waals surface area contributed by atoms with E-state index in [2.05, 4.69) is 46.0 Å². The molecule has 2 aromatic heterocycles. The first-order valence-electron chi connectivity index (χ1n) is 22.0. The third kappa shape index (κ3) is 17.6. The molecule has 7 rings (SSSR count). The molecule has 0 bridgehead atoms. The number of amides is 1. The Bertz CT molecular complexity index is 2340. The van der Waals surface area contributed by atoms with E-state index in [0.717, 1.165) is 66.4 Å². The van der Waals surface area contributed by atoms with Gasteiger partial charge in [-0.15, -0.1) is 0 Å². The molecular formula is C44H56BrCl4F6N9O7. The minimum atomic E-state index is -4.70. The summed E-state index contributed by atoms with van der Waals surface area (Å²) < 4.78 is 99.3. The molecular weight excluding hydrogens is 1100 g/mol. The number of aliphatic hydroxyl groups excluding tert-OH is 1. The number of rotatable bonds is 12. The Labute approximate surface area is 436 Å². The molecule has 0 radical (unpaired) electrons. The van der Waals surface area contributed by atoms with Crippen LogP contribution in [0.3, 0.4) is 0 Å². The Morgan fingerprint density at radius 2 is 1.30 bits per heavy atom. The van der Waals surface area contributed by atoms with Crippen LogP contribution in [0.4, 0.5) is 37.7 Å². The second-order valence-electron chi connectivity index (χ2n) is 15.9. The molecule has 3 fully saturated rings. The molecule has 3 aliphatic heterocycles. The van der Waals surface area contributed by atoms with Gasteiger partial charge in [0.25, 0.3) is 0 Å². The lowest BCUT2D eigenvalue weighted by Crippen LogP contribution is -2.49. The van der Waals surface area contributed by atoms with Crippen LogP contribution in [0, 0.1) is 0 Å². The van der Waals surface area contributed by atoms with Crippen LogP contribution in [0.2, 0.25) is 20.1 Å². The number of carbonyl (C=O) groups is 2. The van der Waals surface area contributed by atoms with Gasteiger partial charge >= 0.3 is 18.3 Å². The lowest BCUT2D eigenvalue weighted by molar-refractivity contribution is -0.146. The van der Waals surface area contributed by atoms with Gasteiger partial charge in [-0.1, -0.05) is 62.3 Å². The van der Waals surface area contributed by atoms with E-state index < -0.39 is 52.6 Å². The van der Waals surface area contributed by atoms with Crippen molar-refractivity contribution in [2.45, 2.75) is 63.4 Å². The number of benzene rings is 2. The van der Waals surface area contributed by atoms with E-state index in [1.54, 1.807) is 44.0 Å². The smallest absolute Gasteiger partial charge is 0.436 e. The summed E-state index contributed by atoms with van der Waals surface area (Å²) in [7, 11) is 6.59. The van der Waals surface area contributed by atoms with Crippen molar-refractivity contribution in [2.24, 2.45) is 0 Å². The van der Waals surface area contributed by atoms with Crippen molar-refractivity contribution < 1.29 is 60.0 Å². The maximum absolute atomic E-state index is 13.3. The minimum Gasteiger partial charge on any atom is -0.495 e. The Hall–Kier alpha value is -3.94. The van der Waals surface area contributed by atoms with Crippen LogP contribution in [0.15, 0.2) is 36.4 Å². The molecule has 2 N–H and O–H groups in total. The fourth-order valence-corrected chi connectivity index (χ4v) is 8.83. The quantitative estimate of drug-likeness (QED) is 0.0793. The minimum absolute atomic E-state index is 0.0499. The van der Waals surface area contributed by atoms with Crippen LogP contribution < -0.4 is 24.6 Å². The van der Waals surface area contributed by atoms with Gasteiger partial charge in [0.15, 0.2) is 17.7 Å². The summed E-state index contributed by atoms with van der Waals surface area (Å²) in [6, 6.07) is 11.4. The van der Waals surface area contributed by atoms with Crippen LogP contribution in [-0.2, 0) is 56.4 Å². The van der Waals surface area contributed by atoms with E-state index in [9.17, 15) is 35.9 Å². The van der Waals surface area contributed by atoms with Crippen molar-refractivity contribution in [3.05, 3.63) is 79.3 Å². The van der Waals surface area contributed by atoms with E-state index in [-0.39, 0.29) is 42.3 Å². The highest BCUT2D eigenvalue weighted by molar-refractivity contribution is 9.08. The number of nitrogens with one attached hydrogen (secondary N) is 1. The number of alkyl halides is 7. The van der Waals surface area contributed by atoms with Crippen molar-refractivity contribution in [3.63, 3.8) is 0 Å². The molecule has 27 heteroatoms. The molecule has 71 heavy (non-hydrogen) atoms. The summed E-state index contributed by atoms with van der Waals surface area (Å²) in [4.78, 5) is 31.8. The Balaban J connectivity index is 0.000000235. The van der Waals surface area contributed by atoms with Gasteiger partial charge in [-0.25, -0.2) is 0 Å². The molecule has 1 atom stereocenters. The van der Waals surface area contributed by atoms with Crippen LogP contribution in [0.25, 0.3) is 0 Å². The summed E-state index contributed by atoms with van der Waals surface area (Å²) in [6.07, 6.45) is -7.97. The molecule has 5 heterocycles. The number of aliphatic hydroxyl groups is 1. The maximum atomic E-state index is 13.3. The lowest BCUT2D eigenvalue weighted by Gasteiger charge is -2.36. The molecule has 1 amide bonds. The number of hydrogen-bond donors (Lipinski definition) is 2. The molecule has 3 aliphatic rings. The number of hydrogen-bond acceptors (Lipinski definition) is 13. The van der Waals surface area contributed by atoms with Crippen molar-refractivity contribution in [3.8, 4) is 11.5 Å². The summed E-state index contributed by atoms with van der Waals surface area (Å²) >= 11 is 26.6. The van der Waals surface area contributed by atoms with E-state index in [0.29, 0.717) is 42.0 Å². The molecule has 0 aliphatic carbocycles. The summed E-state index contributed by atoms with van der Waals surface area (Å²) in [5.41, 5.74) is -0.0486. The number of anilines is 2. The first kappa shape index (κ1) is 59.6. The monoisotopic (exact) mass is 1160 g/mol. The van der Waals surface area contributed by atoms with E-state index >= 15 is 0 Å². The first-order chi connectivity index (χ1) is 33.5. The molecule has 2 aromatic carbocycles. The average molecular weight is 1160 g/mol. The zero-order valence-electron chi connectivity index (χ0n) is 39.5. The lowest BCUT2D eigenvalue weighted by atomic mass is 10.2. The number of nitrogens with zero attached hydrogens (tertiary/aromatic N) is 8. The fraction of sp³-hybridized carbons (Fsp3) is 0.545. The van der Waals surface area contributed by atoms with Crippen LogP contribution in [-0.4, -0.2) is 147 Å². The number of ether oxygens (including phenoxy) is 4. The van der Waals surface area contributed by atoms with Gasteiger partial charge in [-0.3, -0.25) is 19.0 Å². The van der Waals surface area contributed by atoms with E-state index in [4.69, 9.17) is 65.7 Å². The predicted molar refractivity (Wildman–Crippen MR) is 262 cm³/mol. The van der Waals surface area contributed by atoms with Gasteiger partial charge in [0.1, 0.15) is 24.6 Å². The first-order valence-corrected chi connectivity index (χ1v) is 24.6. The van der Waals surface area contributed by atoms with Gasteiger partial charge in [0, 0.05) is 101 Å². The van der Waals surface area contributed by atoms with Crippen LogP contribution >= 0.6 is 62.3 Å². The van der Waals surface area contributed by atoms with Gasteiger partial charge in [-0.2, -0.15) is 36.5 Å². The topological polar surface area (TPSA) is 152 Å². The van der Waals surface area contributed by atoms with Gasteiger partial charge in [0.2, 0.25) is 5.91 Å². The van der Waals surface area contributed by atoms with Gasteiger partial charge < -0.3 is 49.0 Å². The zero-order valence-corrected chi connectivity index (χ0v) is 44.1.